The molecule has 0 radical (unpaired) electrons. The van der Waals surface area contributed by atoms with Crippen molar-refractivity contribution in [1.82, 2.24) is 0 Å². The summed E-state index contributed by atoms with van der Waals surface area (Å²) in [5.41, 5.74) is 3.57. The van der Waals surface area contributed by atoms with Crippen LogP contribution in [0, 0.1) is 13.8 Å². The minimum absolute atomic E-state index is 0.119. The summed E-state index contributed by atoms with van der Waals surface area (Å²) in [4.78, 5) is 11.7. The maximum atomic E-state index is 11.7. The average molecular weight is 324 g/mol. The molecule has 0 heterocycles. The third-order valence-electron chi connectivity index (χ3n) is 3.74. The van der Waals surface area contributed by atoms with Gasteiger partial charge in [-0.2, -0.15) is 11.8 Å². The van der Waals surface area contributed by atoms with Crippen molar-refractivity contribution in [1.29, 1.82) is 0 Å². The highest BCUT2D eigenvalue weighted by Gasteiger charge is 2.22. The average Bonchev–Trinajstić information content (AvgIpc) is 2.41. The molecule has 1 aromatic carbocycles. The van der Waals surface area contributed by atoms with Gasteiger partial charge in [0.15, 0.2) is 0 Å². The normalized spacial score (nSPS) is 11.5. The number of carbonyl (C=O) groups excluding carboxylic acids is 1. The molecule has 0 amide bonds. The van der Waals surface area contributed by atoms with Crippen LogP contribution in [0.15, 0.2) is 6.07 Å². The Kier molecular flexibility index (Phi) is 6.79. The molecule has 0 saturated carbocycles. The summed E-state index contributed by atoms with van der Waals surface area (Å²) in [6.07, 6.45) is 0.433. The molecular weight excluding hydrogens is 296 g/mol. The van der Waals surface area contributed by atoms with Gasteiger partial charge in [0.1, 0.15) is 12.4 Å². The van der Waals surface area contributed by atoms with Gasteiger partial charge < -0.3 is 9.84 Å². The van der Waals surface area contributed by atoms with Crippen LogP contribution in [0.25, 0.3) is 0 Å². The second-order valence-electron chi connectivity index (χ2n) is 6.55. The van der Waals surface area contributed by atoms with Crippen LogP contribution in [0.1, 0.15) is 56.4 Å². The number of benzene rings is 1. The van der Waals surface area contributed by atoms with Crippen LogP contribution in [0.4, 0.5) is 0 Å². The Labute approximate surface area is 138 Å². The van der Waals surface area contributed by atoms with Crippen molar-refractivity contribution < 1.29 is 14.6 Å². The van der Waals surface area contributed by atoms with Crippen LogP contribution < -0.4 is 0 Å². The smallest absolute Gasteiger partial charge is 0.306 e. The minimum Gasteiger partial charge on any atom is -0.507 e. The van der Waals surface area contributed by atoms with Crippen LogP contribution in [-0.2, 0) is 21.6 Å². The zero-order chi connectivity index (χ0) is 16.9. The Hall–Kier alpha value is -1.16. The molecule has 0 aliphatic heterocycles. The number of aromatic hydroxyl groups is 1. The van der Waals surface area contributed by atoms with Crippen molar-refractivity contribution >= 4 is 17.7 Å². The van der Waals surface area contributed by atoms with E-state index in [1.807, 2.05) is 19.9 Å². The molecule has 0 saturated heterocycles. The Bertz CT molecular complexity index is 530. The highest BCUT2D eigenvalue weighted by Crippen LogP contribution is 2.36. The maximum absolute atomic E-state index is 11.7. The molecule has 0 fully saturated rings. The zero-order valence-electron chi connectivity index (χ0n) is 14.6. The fourth-order valence-electron chi connectivity index (χ4n) is 2.33. The maximum Gasteiger partial charge on any atom is 0.306 e. The van der Waals surface area contributed by atoms with E-state index in [0.717, 1.165) is 33.8 Å². The van der Waals surface area contributed by atoms with E-state index in [1.54, 1.807) is 11.8 Å². The molecule has 0 aliphatic rings. The molecule has 0 atom stereocenters. The quantitative estimate of drug-likeness (QED) is 0.618. The van der Waals surface area contributed by atoms with Gasteiger partial charge in [-0.3, -0.25) is 4.79 Å². The summed E-state index contributed by atoms with van der Waals surface area (Å²) in [6, 6.07) is 2.00. The zero-order valence-corrected chi connectivity index (χ0v) is 15.4. The Morgan fingerprint density at radius 2 is 1.95 bits per heavy atom. The molecule has 0 aromatic heterocycles. The third kappa shape index (κ3) is 4.94. The van der Waals surface area contributed by atoms with E-state index in [0.29, 0.717) is 12.2 Å². The van der Waals surface area contributed by atoms with Crippen molar-refractivity contribution in [2.24, 2.45) is 0 Å². The molecule has 0 unspecified atom stereocenters. The number of esters is 1. The molecule has 22 heavy (non-hydrogen) atoms. The van der Waals surface area contributed by atoms with Crippen molar-refractivity contribution in [3.8, 4) is 5.75 Å². The number of aryl methyl sites for hydroxylation is 1. The van der Waals surface area contributed by atoms with Gasteiger partial charge >= 0.3 is 5.97 Å². The second kappa shape index (κ2) is 7.91. The Morgan fingerprint density at radius 3 is 2.50 bits per heavy atom. The number of hydrogen-bond donors (Lipinski definition) is 1. The van der Waals surface area contributed by atoms with Crippen molar-refractivity contribution in [2.75, 3.05) is 11.5 Å². The lowest BCUT2D eigenvalue weighted by Gasteiger charge is -2.24. The molecule has 3 nitrogen and oxygen atoms in total. The molecular formula is C18H28O3S. The minimum atomic E-state index is -0.181. The number of carbonyl (C=O) groups is 1. The SMILES string of the molecule is CCSCCC(=O)OCc1c(C)cc(C(C)(C)C)c(O)c1C. The summed E-state index contributed by atoms with van der Waals surface area (Å²) in [5.74, 6) is 1.93. The van der Waals surface area contributed by atoms with E-state index in [-0.39, 0.29) is 18.0 Å². The van der Waals surface area contributed by atoms with Gasteiger partial charge in [0, 0.05) is 5.75 Å². The van der Waals surface area contributed by atoms with Gasteiger partial charge in [-0.05, 0) is 47.3 Å². The molecule has 124 valence electrons. The van der Waals surface area contributed by atoms with E-state index in [4.69, 9.17) is 4.74 Å². The Balaban J connectivity index is 2.85. The van der Waals surface area contributed by atoms with Gasteiger partial charge in [0.25, 0.3) is 0 Å². The predicted molar refractivity (Wildman–Crippen MR) is 93.7 cm³/mol. The molecule has 0 aliphatic carbocycles. The fraction of sp³-hybridized carbons (Fsp3) is 0.611. The lowest BCUT2D eigenvalue weighted by Crippen LogP contribution is -2.14. The van der Waals surface area contributed by atoms with Gasteiger partial charge in [-0.1, -0.05) is 33.8 Å². The van der Waals surface area contributed by atoms with E-state index >= 15 is 0 Å². The van der Waals surface area contributed by atoms with Gasteiger partial charge in [0.05, 0.1) is 6.42 Å². The lowest BCUT2D eigenvalue weighted by atomic mass is 9.83. The molecule has 1 aromatic rings. The van der Waals surface area contributed by atoms with Gasteiger partial charge in [0.2, 0.25) is 0 Å². The fourth-order valence-corrected chi connectivity index (χ4v) is 2.93. The highest BCUT2D eigenvalue weighted by atomic mass is 32.2. The van der Waals surface area contributed by atoms with Crippen LogP contribution in [-0.4, -0.2) is 22.6 Å². The van der Waals surface area contributed by atoms with E-state index in [2.05, 4.69) is 27.7 Å². The van der Waals surface area contributed by atoms with Crippen molar-refractivity contribution in [3.63, 3.8) is 0 Å². The summed E-state index contributed by atoms with van der Waals surface area (Å²) in [5, 5.41) is 10.4. The van der Waals surface area contributed by atoms with Crippen molar-refractivity contribution in [2.45, 2.75) is 60.0 Å². The molecule has 1 N–H and O–H groups in total. The summed E-state index contributed by atoms with van der Waals surface area (Å²) in [7, 11) is 0. The second-order valence-corrected chi connectivity index (χ2v) is 7.94. The molecule has 0 spiro atoms. The topological polar surface area (TPSA) is 46.5 Å². The number of phenolic OH excluding ortho intramolecular Hbond substituents is 1. The van der Waals surface area contributed by atoms with E-state index in [9.17, 15) is 9.90 Å². The van der Waals surface area contributed by atoms with Crippen LogP contribution in [0.3, 0.4) is 0 Å². The van der Waals surface area contributed by atoms with E-state index in [1.165, 1.54) is 0 Å². The number of rotatable bonds is 6. The first-order chi connectivity index (χ1) is 10.2. The summed E-state index contributed by atoms with van der Waals surface area (Å²) >= 11 is 1.73. The first kappa shape index (κ1) is 18.9. The summed E-state index contributed by atoms with van der Waals surface area (Å²) in [6.45, 7) is 12.4. The number of phenols is 1. The van der Waals surface area contributed by atoms with Gasteiger partial charge in [-0.25, -0.2) is 0 Å². The van der Waals surface area contributed by atoms with Crippen molar-refractivity contribution in [3.05, 3.63) is 28.3 Å². The molecule has 1 rings (SSSR count). The lowest BCUT2D eigenvalue weighted by molar-refractivity contribution is -0.144. The molecule has 4 heteroatoms. The van der Waals surface area contributed by atoms with Crippen LogP contribution in [0.5, 0.6) is 5.75 Å². The summed E-state index contributed by atoms with van der Waals surface area (Å²) < 4.78 is 5.35. The standard InChI is InChI=1S/C18H28O3S/c1-7-22-9-8-16(19)21-11-14-12(2)10-15(18(4,5)6)17(20)13(14)3/h10,20H,7-9,11H2,1-6H3. The number of thioether (sulfide) groups is 1. The third-order valence-corrected chi connectivity index (χ3v) is 4.64. The molecule has 0 bridgehead atoms. The largest absolute Gasteiger partial charge is 0.507 e. The number of ether oxygens (including phenoxy) is 1. The number of hydrogen-bond acceptors (Lipinski definition) is 4. The van der Waals surface area contributed by atoms with Crippen LogP contribution >= 0.6 is 11.8 Å². The first-order valence-corrected chi connectivity index (χ1v) is 8.89. The highest BCUT2D eigenvalue weighted by molar-refractivity contribution is 7.99. The monoisotopic (exact) mass is 324 g/mol. The van der Waals surface area contributed by atoms with E-state index < -0.39 is 0 Å². The first-order valence-electron chi connectivity index (χ1n) is 7.74. The predicted octanol–water partition coefficient (Wildman–Crippen LogP) is 4.49. The van der Waals surface area contributed by atoms with Crippen LogP contribution in [0.2, 0.25) is 0 Å². The Morgan fingerprint density at radius 1 is 1.32 bits per heavy atom. The van der Waals surface area contributed by atoms with Gasteiger partial charge in [-0.15, -0.1) is 0 Å².